The molecule has 6 heteroatoms. The molecule has 0 aromatic heterocycles. The first-order valence-electron chi connectivity index (χ1n) is 7.97. The minimum Gasteiger partial charge on any atom is -0.493 e. The summed E-state index contributed by atoms with van der Waals surface area (Å²) in [5, 5.41) is 2.60. The summed E-state index contributed by atoms with van der Waals surface area (Å²) in [6.45, 7) is 0.520. The summed E-state index contributed by atoms with van der Waals surface area (Å²) in [5.41, 5.74) is 7.74. The first-order valence-corrected chi connectivity index (χ1v) is 7.97. The Labute approximate surface area is 147 Å². The highest BCUT2D eigenvalue weighted by Crippen LogP contribution is 2.27. The van der Waals surface area contributed by atoms with Crippen LogP contribution in [-0.4, -0.2) is 32.6 Å². The van der Waals surface area contributed by atoms with Crippen LogP contribution in [0, 0.1) is 0 Å². The Morgan fingerprint density at radius 1 is 1.04 bits per heavy atom. The Balaban J connectivity index is 1.85. The molecule has 3 N–H and O–H groups in total. The number of carbonyl (C=O) groups excluding carboxylic acids is 1. The molecule has 0 unspecified atom stereocenters. The van der Waals surface area contributed by atoms with Gasteiger partial charge >= 0.3 is 0 Å². The van der Waals surface area contributed by atoms with Gasteiger partial charge < -0.3 is 15.2 Å². The summed E-state index contributed by atoms with van der Waals surface area (Å²) in [6.07, 6.45) is 0.947. The second kappa shape index (κ2) is 9.32. The number of aliphatic imine (C=N–C) groups is 1. The Bertz CT molecular complexity index is 730. The first kappa shape index (κ1) is 18.3. The van der Waals surface area contributed by atoms with Gasteiger partial charge in [0.2, 0.25) is 5.91 Å². The van der Waals surface area contributed by atoms with Crippen molar-refractivity contribution in [3.63, 3.8) is 0 Å². The van der Waals surface area contributed by atoms with E-state index in [1.165, 1.54) is 5.56 Å². The fourth-order valence-corrected chi connectivity index (χ4v) is 2.35. The summed E-state index contributed by atoms with van der Waals surface area (Å²) in [4.78, 5) is 16.2. The van der Waals surface area contributed by atoms with Crippen LogP contribution in [0.25, 0.3) is 0 Å². The molecule has 2 aromatic carbocycles. The fourth-order valence-electron chi connectivity index (χ4n) is 2.35. The highest BCUT2D eigenvalue weighted by atomic mass is 16.5. The zero-order valence-electron chi connectivity index (χ0n) is 14.5. The van der Waals surface area contributed by atoms with E-state index in [4.69, 9.17) is 15.2 Å². The third-order valence-electron chi connectivity index (χ3n) is 3.61. The SMILES string of the molecule is COc1ccc(CC(=O)NC(N)=NCCc2ccccc2)cc1OC. The molecular weight excluding hydrogens is 318 g/mol. The predicted octanol–water partition coefficient (Wildman–Crippen LogP) is 1.92. The molecule has 2 aromatic rings. The van der Waals surface area contributed by atoms with E-state index < -0.39 is 0 Å². The number of nitrogens with two attached hydrogens (primary N) is 1. The van der Waals surface area contributed by atoms with Crippen LogP contribution in [0.15, 0.2) is 53.5 Å². The number of carbonyl (C=O) groups is 1. The molecule has 0 radical (unpaired) electrons. The lowest BCUT2D eigenvalue weighted by atomic mass is 10.1. The first-order chi connectivity index (χ1) is 12.1. The molecule has 0 saturated carbocycles. The van der Waals surface area contributed by atoms with Gasteiger partial charge in [0.1, 0.15) is 0 Å². The third kappa shape index (κ3) is 5.84. The highest BCUT2D eigenvalue weighted by molar-refractivity contribution is 5.97. The lowest BCUT2D eigenvalue weighted by Gasteiger charge is -2.09. The minimum atomic E-state index is -0.229. The standard InChI is InChI=1S/C19H23N3O3/c1-24-16-9-8-15(12-17(16)25-2)13-18(23)22-19(20)21-11-10-14-6-4-3-5-7-14/h3-9,12H,10-11,13H2,1-2H3,(H3,20,21,22,23). The van der Waals surface area contributed by atoms with Crippen molar-refractivity contribution in [2.45, 2.75) is 12.8 Å². The molecule has 0 atom stereocenters. The van der Waals surface area contributed by atoms with Crippen LogP contribution in [0.4, 0.5) is 0 Å². The van der Waals surface area contributed by atoms with E-state index in [1.807, 2.05) is 36.4 Å². The number of benzene rings is 2. The minimum absolute atomic E-state index is 0.126. The number of nitrogens with zero attached hydrogens (tertiary/aromatic N) is 1. The zero-order chi connectivity index (χ0) is 18.1. The van der Waals surface area contributed by atoms with E-state index in [1.54, 1.807) is 26.4 Å². The van der Waals surface area contributed by atoms with Crippen molar-refractivity contribution >= 4 is 11.9 Å². The van der Waals surface area contributed by atoms with Crippen LogP contribution >= 0.6 is 0 Å². The van der Waals surface area contributed by atoms with Gasteiger partial charge in [-0.05, 0) is 29.7 Å². The van der Waals surface area contributed by atoms with Crippen LogP contribution < -0.4 is 20.5 Å². The lowest BCUT2D eigenvalue weighted by Crippen LogP contribution is -2.37. The molecule has 0 spiro atoms. The van der Waals surface area contributed by atoms with E-state index in [0.717, 1.165) is 12.0 Å². The maximum Gasteiger partial charge on any atom is 0.231 e. The number of guanidine groups is 1. The smallest absolute Gasteiger partial charge is 0.231 e. The summed E-state index contributed by atoms with van der Waals surface area (Å²) in [6, 6.07) is 15.3. The van der Waals surface area contributed by atoms with E-state index in [9.17, 15) is 4.79 Å². The molecule has 0 aliphatic carbocycles. The molecule has 25 heavy (non-hydrogen) atoms. The van der Waals surface area contributed by atoms with Gasteiger partial charge in [-0.25, -0.2) is 0 Å². The predicted molar refractivity (Wildman–Crippen MR) is 98.0 cm³/mol. The van der Waals surface area contributed by atoms with Crippen molar-refractivity contribution < 1.29 is 14.3 Å². The second-order valence-electron chi connectivity index (χ2n) is 5.42. The molecular formula is C19H23N3O3. The molecule has 6 nitrogen and oxygen atoms in total. The number of ether oxygens (including phenoxy) is 2. The van der Waals surface area contributed by atoms with Crippen LogP contribution in [0.5, 0.6) is 11.5 Å². The van der Waals surface area contributed by atoms with Crippen LogP contribution in [0.3, 0.4) is 0 Å². The summed E-state index contributed by atoms with van der Waals surface area (Å²) < 4.78 is 10.4. The Morgan fingerprint density at radius 3 is 2.44 bits per heavy atom. The average Bonchev–Trinajstić information content (AvgIpc) is 2.62. The molecule has 2 rings (SSSR count). The third-order valence-corrected chi connectivity index (χ3v) is 3.61. The van der Waals surface area contributed by atoms with Gasteiger partial charge in [-0.1, -0.05) is 36.4 Å². The van der Waals surface area contributed by atoms with Crippen molar-refractivity contribution in [2.75, 3.05) is 20.8 Å². The second-order valence-corrected chi connectivity index (χ2v) is 5.42. The molecule has 0 heterocycles. The molecule has 132 valence electrons. The number of hydrogen-bond acceptors (Lipinski definition) is 4. The van der Waals surface area contributed by atoms with Gasteiger partial charge in [0.15, 0.2) is 17.5 Å². The van der Waals surface area contributed by atoms with E-state index >= 15 is 0 Å². The zero-order valence-corrected chi connectivity index (χ0v) is 14.5. The molecule has 0 saturated heterocycles. The maximum absolute atomic E-state index is 12.1. The quantitative estimate of drug-likeness (QED) is 0.595. The van der Waals surface area contributed by atoms with E-state index in [0.29, 0.717) is 18.0 Å². The van der Waals surface area contributed by atoms with Gasteiger partial charge in [-0.2, -0.15) is 0 Å². The van der Waals surface area contributed by atoms with Crippen molar-refractivity contribution in [1.82, 2.24) is 5.32 Å². The van der Waals surface area contributed by atoms with Crippen molar-refractivity contribution in [1.29, 1.82) is 0 Å². The topological polar surface area (TPSA) is 85.9 Å². The van der Waals surface area contributed by atoms with Gasteiger partial charge in [0, 0.05) is 6.54 Å². The van der Waals surface area contributed by atoms with Gasteiger partial charge in [0.25, 0.3) is 0 Å². The van der Waals surface area contributed by atoms with Crippen LogP contribution in [-0.2, 0) is 17.6 Å². The Kier molecular flexibility index (Phi) is 6.83. The molecule has 0 bridgehead atoms. The van der Waals surface area contributed by atoms with Crippen LogP contribution in [0.1, 0.15) is 11.1 Å². The highest BCUT2D eigenvalue weighted by Gasteiger charge is 2.09. The van der Waals surface area contributed by atoms with Crippen LogP contribution in [0.2, 0.25) is 0 Å². The summed E-state index contributed by atoms with van der Waals surface area (Å²) >= 11 is 0. The molecule has 0 fully saturated rings. The lowest BCUT2D eigenvalue weighted by molar-refractivity contribution is -0.119. The Morgan fingerprint density at radius 2 is 1.76 bits per heavy atom. The van der Waals surface area contributed by atoms with Gasteiger partial charge in [0.05, 0.1) is 20.6 Å². The molecule has 1 amide bonds. The summed E-state index contributed by atoms with van der Waals surface area (Å²) in [5.74, 6) is 1.10. The number of nitrogens with one attached hydrogen (secondary N) is 1. The average molecular weight is 341 g/mol. The van der Waals surface area contributed by atoms with E-state index in [2.05, 4.69) is 10.3 Å². The van der Waals surface area contributed by atoms with Crippen molar-refractivity contribution in [3.8, 4) is 11.5 Å². The fraction of sp³-hybridized carbons (Fsp3) is 0.263. The maximum atomic E-state index is 12.1. The molecule has 0 aliphatic rings. The Hall–Kier alpha value is -3.02. The number of hydrogen-bond donors (Lipinski definition) is 2. The normalized spacial score (nSPS) is 11.0. The van der Waals surface area contributed by atoms with Crippen molar-refractivity contribution in [2.24, 2.45) is 10.7 Å². The molecule has 0 aliphatic heterocycles. The summed E-state index contributed by atoms with van der Waals surface area (Å²) in [7, 11) is 3.12. The van der Waals surface area contributed by atoms with E-state index in [-0.39, 0.29) is 18.3 Å². The number of amides is 1. The number of rotatable bonds is 7. The monoisotopic (exact) mass is 341 g/mol. The van der Waals surface area contributed by atoms with Gasteiger partial charge in [-0.3, -0.25) is 15.1 Å². The van der Waals surface area contributed by atoms with Gasteiger partial charge in [-0.15, -0.1) is 0 Å². The largest absolute Gasteiger partial charge is 0.493 e. The number of methoxy groups -OCH3 is 2. The van der Waals surface area contributed by atoms with Crippen molar-refractivity contribution in [3.05, 3.63) is 59.7 Å².